The average molecular weight is 748 g/mol. The maximum atomic E-state index is 14.0. The lowest BCUT2D eigenvalue weighted by molar-refractivity contribution is -0.106. The highest BCUT2D eigenvalue weighted by atomic mass is 35.5. The Hall–Kier alpha value is -3.41. The topological polar surface area (TPSA) is 110 Å². The Morgan fingerprint density at radius 2 is 1.94 bits per heavy atom. The van der Waals surface area contributed by atoms with Gasteiger partial charge in [0.15, 0.2) is 6.29 Å². The number of anilines is 1. The number of ether oxygens (including phenoxy) is 3. The quantitative estimate of drug-likeness (QED) is 0.171. The first kappa shape index (κ1) is 36.9. The van der Waals surface area contributed by atoms with Gasteiger partial charge in [0, 0.05) is 78.0 Å². The van der Waals surface area contributed by atoms with Crippen LogP contribution in [0.15, 0.2) is 67.0 Å². The zero-order valence-corrected chi connectivity index (χ0v) is 32.1. The Balaban J connectivity index is 1.35. The predicted molar refractivity (Wildman–Crippen MR) is 206 cm³/mol. The van der Waals surface area contributed by atoms with Gasteiger partial charge < -0.3 is 24.2 Å². The molecule has 11 heteroatoms. The number of aryl methyl sites for hydroxylation is 1. The van der Waals surface area contributed by atoms with Crippen molar-refractivity contribution in [1.29, 1.82) is 0 Å². The number of aromatic nitrogens is 1. The normalized spacial score (nSPS) is 32.5. The number of aliphatic hydroxyl groups is 1. The van der Waals surface area contributed by atoms with Gasteiger partial charge in [0.25, 0.3) is 5.91 Å². The lowest BCUT2D eigenvalue weighted by Crippen LogP contribution is -2.51. The Bertz CT molecular complexity index is 1970. The van der Waals surface area contributed by atoms with E-state index in [0.29, 0.717) is 48.6 Å². The van der Waals surface area contributed by atoms with E-state index in [1.165, 1.54) is 11.1 Å². The second-order valence-corrected chi connectivity index (χ2v) is 18.2. The summed E-state index contributed by atoms with van der Waals surface area (Å²) >= 11 is 6.48. The fourth-order valence-electron chi connectivity index (χ4n) is 8.85. The summed E-state index contributed by atoms with van der Waals surface area (Å²) < 4.78 is 34.5. The third-order valence-corrected chi connectivity index (χ3v) is 14.6. The lowest BCUT2D eigenvalue weighted by Gasteiger charge is -2.49. The van der Waals surface area contributed by atoms with Crippen molar-refractivity contribution in [3.8, 4) is 5.75 Å². The summed E-state index contributed by atoms with van der Waals surface area (Å²) in [6, 6.07) is 13.6. The molecular weight excluding hydrogens is 698 g/mol. The van der Waals surface area contributed by atoms with Gasteiger partial charge in [-0.3, -0.25) is 14.5 Å². The number of allylic oxidation sites excluding steroid dienone is 1. The van der Waals surface area contributed by atoms with Gasteiger partial charge >= 0.3 is 0 Å². The molecule has 2 aliphatic carbocycles. The molecule has 7 rings (SSSR count). The van der Waals surface area contributed by atoms with Crippen LogP contribution in [0.3, 0.4) is 0 Å². The number of pyridine rings is 1. The molecule has 1 saturated carbocycles. The maximum Gasteiger partial charge on any atom is 0.262 e. The molecule has 1 fully saturated rings. The van der Waals surface area contributed by atoms with Crippen LogP contribution in [0.1, 0.15) is 84.9 Å². The van der Waals surface area contributed by atoms with E-state index in [-0.39, 0.29) is 23.2 Å². The van der Waals surface area contributed by atoms with Crippen molar-refractivity contribution in [3.05, 3.63) is 99.9 Å². The molecule has 2 bridgehead atoms. The average Bonchev–Trinajstić information content (AvgIpc) is 3.26. The van der Waals surface area contributed by atoms with E-state index in [9.17, 15) is 14.1 Å². The molecule has 9 nitrogen and oxygen atoms in total. The molecule has 0 saturated heterocycles. The van der Waals surface area contributed by atoms with Gasteiger partial charge in [-0.1, -0.05) is 36.7 Å². The van der Waals surface area contributed by atoms with Crippen LogP contribution in [0, 0.1) is 17.8 Å². The number of methoxy groups -OCH3 is 2. The van der Waals surface area contributed by atoms with E-state index in [1.807, 2.05) is 50.3 Å². The third kappa shape index (κ3) is 6.77. The van der Waals surface area contributed by atoms with E-state index in [1.54, 1.807) is 32.7 Å². The number of carbonyl (C=O) groups is 1. The molecule has 3 heterocycles. The van der Waals surface area contributed by atoms with Crippen LogP contribution >= 0.6 is 11.6 Å². The zero-order chi connectivity index (χ0) is 36.8. The standard InChI is InChI=1S/C41H50ClN3O6S/c1-26-8-6-17-41(47,32-18-31(21-43-22-32)39(49-3)50-4)35-13-10-30(35)23-45-24-40(16-7-9-28-19-33(42)12-14-34(28)40)25-51-37-15-11-29(20-36(37)45)38(46)44-52(5,48)27(26)2/h6,11-12,14-15,17-22,26-27,30,35,39,47H,5,7-10,13,16,23-25H2,1-4H3,(H,44,46,48)/b17-6+/t26-,27+,30-,35+,40-,41-,52?/m0/s1. The second kappa shape index (κ2) is 14.4. The van der Waals surface area contributed by atoms with E-state index >= 15 is 0 Å². The summed E-state index contributed by atoms with van der Waals surface area (Å²) in [5.74, 6) is 4.16. The highest BCUT2D eigenvalue weighted by molar-refractivity contribution is 7.99. The van der Waals surface area contributed by atoms with Crippen molar-refractivity contribution >= 4 is 38.8 Å². The SMILES string of the molecule is C=S1(=O)NC(=O)c2ccc3c(c2)N(C[C@@H]2CC[C@H]2[C@@](O)(c2cncc(C(OC)OC)c2)/C=C/C[C@H](C)[C@H]1C)C[C@@]1(CCCc2cc(Cl)ccc21)CO3. The van der Waals surface area contributed by atoms with Gasteiger partial charge in [0.05, 0.1) is 22.0 Å². The smallest absolute Gasteiger partial charge is 0.262 e. The number of nitrogens with one attached hydrogen (secondary N) is 1. The third-order valence-electron chi connectivity index (χ3n) is 12.2. The molecule has 7 atom stereocenters. The summed E-state index contributed by atoms with van der Waals surface area (Å²) in [7, 11) is 0.121. The van der Waals surface area contributed by atoms with Gasteiger partial charge in [-0.2, -0.15) is 0 Å². The van der Waals surface area contributed by atoms with Crippen LogP contribution in [-0.4, -0.2) is 65.2 Å². The Morgan fingerprint density at radius 3 is 2.69 bits per heavy atom. The van der Waals surface area contributed by atoms with Crippen LogP contribution in [0.5, 0.6) is 5.75 Å². The molecule has 1 aromatic heterocycles. The predicted octanol–water partition coefficient (Wildman–Crippen LogP) is 6.76. The van der Waals surface area contributed by atoms with Crippen LogP contribution < -0.4 is 14.4 Å². The molecule has 2 aromatic carbocycles. The van der Waals surface area contributed by atoms with Crippen molar-refractivity contribution < 1.29 is 28.3 Å². The number of amides is 1. The number of hydrogen-bond donors (Lipinski definition) is 2. The number of benzene rings is 2. The number of rotatable bonds is 4. The molecule has 1 amide bonds. The highest BCUT2D eigenvalue weighted by Gasteiger charge is 2.49. The Morgan fingerprint density at radius 1 is 1.13 bits per heavy atom. The van der Waals surface area contributed by atoms with Crippen molar-refractivity contribution in [2.45, 2.75) is 74.9 Å². The molecule has 0 radical (unpaired) electrons. The summed E-state index contributed by atoms with van der Waals surface area (Å²) in [5.41, 5.74) is 3.43. The summed E-state index contributed by atoms with van der Waals surface area (Å²) in [6.07, 6.45) is 11.9. The number of fused-ring (bicyclic) bond motifs is 4. The molecule has 3 aromatic rings. The molecule has 2 aliphatic heterocycles. The first-order chi connectivity index (χ1) is 24.9. The van der Waals surface area contributed by atoms with Crippen molar-refractivity contribution in [2.24, 2.45) is 17.8 Å². The summed E-state index contributed by atoms with van der Waals surface area (Å²) in [6.45, 7) is 5.64. The van der Waals surface area contributed by atoms with Gasteiger partial charge in [0.2, 0.25) is 0 Å². The largest absolute Gasteiger partial charge is 0.490 e. The summed E-state index contributed by atoms with van der Waals surface area (Å²) in [4.78, 5) is 20.6. The number of carbonyl (C=O) groups excluding carboxylic acids is 1. The van der Waals surface area contributed by atoms with Crippen LogP contribution in [0.4, 0.5) is 5.69 Å². The first-order valence-corrected chi connectivity index (χ1v) is 20.4. The minimum absolute atomic E-state index is 0.105. The van der Waals surface area contributed by atoms with E-state index in [4.69, 9.17) is 25.8 Å². The van der Waals surface area contributed by atoms with Gasteiger partial charge in [-0.05, 0) is 111 Å². The maximum absolute atomic E-state index is 14.0. The lowest BCUT2D eigenvalue weighted by atomic mass is 9.62. The molecule has 52 heavy (non-hydrogen) atoms. The van der Waals surface area contributed by atoms with E-state index in [0.717, 1.165) is 42.8 Å². The number of halogens is 1. The number of hydrogen-bond acceptors (Lipinski definition) is 8. The molecule has 278 valence electrons. The zero-order valence-electron chi connectivity index (χ0n) is 30.5. The first-order valence-electron chi connectivity index (χ1n) is 18.3. The Kier molecular flexibility index (Phi) is 10.3. The minimum Gasteiger partial charge on any atom is -0.490 e. The van der Waals surface area contributed by atoms with Crippen LogP contribution in [0.25, 0.3) is 0 Å². The van der Waals surface area contributed by atoms with Crippen LogP contribution in [0.2, 0.25) is 5.02 Å². The van der Waals surface area contributed by atoms with Crippen molar-refractivity contribution in [3.63, 3.8) is 0 Å². The van der Waals surface area contributed by atoms with Crippen molar-refractivity contribution in [1.82, 2.24) is 9.71 Å². The molecule has 1 unspecified atom stereocenters. The van der Waals surface area contributed by atoms with Crippen LogP contribution in [-0.2, 0) is 36.6 Å². The minimum atomic E-state index is -3.04. The van der Waals surface area contributed by atoms with E-state index < -0.39 is 32.8 Å². The van der Waals surface area contributed by atoms with Gasteiger partial charge in [-0.15, -0.1) is 0 Å². The molecule has 1 spiro atoms. The van der Waals surface area contributed by atoms with Gasteiger partial charge in [0.1, 0.15) is 11.4 Å². The van der Waals surface area contributed by atoms with Crippen molar-refractivity contribution in [2.75, 3.05) is 38.8 Å². The molecule has 2 N–H and O–H groups in total. The highest BCUT2D eigenvalue weighted by Crippen LogP contribution is 2.51. The van der Waals surface area contributed by atoms with E-state index in [2.05, 4.69) is 32.6 Å². The second-order valence-electron chi connectivity index (χ2n) is 15.3. The monoisotopic (exact) mass is 747 g/mol. The summed E-state index contributed by atoms with van der Waals surface area (Å²) in [5, 5.41) is 13.2. The fourth-order valence-corrected chi connectivity index (χ4v) is 10.5. The number of nitrogens with zero attached hydrogens (tertiary/aromatic N) is 2. The Labute approximate surface area is 312 Å². The molecule has 4 aliphatic rings. The molecular formula is C41H50ClN3O6S. The fraction of sp³-hybridized carbons (Fsp3) is 0.488. The van der Waals surface area contributed by atoms with Gasteiger partial charge in [-0.25, -0.2) is 4.21 Å².